The molecule has 2 heterocycles. The van der Waals surface area contributed by atoms with Gasteiger partial charge in [0.05, 0.1) is 21.6 Å². The molecule has 1 aromatic heterocycles. The van der Waals surface area contributed by atoms with E-state index < -0.39 is 9.84 Å². The largest absolute Gasteiger partial charge is 0.454 e. The van der Waals surface area contributed by atoms with Crippen molar-refractivity contribution in [1.82, 2.24) is 9.97 Å². The number of fused-ring (bicyclic) bond motifs is 2. The molecule has 4 aromatic rings. The van der Waals surface area contributed by atoms with Crippen molar-refractivity contribution in [3.05, 3.63) is 78.0 Å². The lowest BCUT2D eigenvalue weighted by atomic mass is 10.2. The summed E-state index contributed by atoms with van der Waals surface area (Å²) < 4.78 is 36.9. The van der Waals surface area contributed by atoms with Gasteiger partial charge in [-0.2, -0.15) is 0 Å². The van der Waals surface area contributed by atoms with Crippen LogP contribution in [0.5, 0.6) is 11.5 Å². The number of anilines is 2. The first-order valence-electron chi connectivity index (χ1n) is 9.70. The number of hydrogen-bond acceptors (Lipinski definition) is 7. The second-order valence-corrected chi connectivity index (χ2v) is 9.26. The standard InChI is InChI=1S/C23H19N3O4S/c1-15-6-9-17(10-7-15)31(27,28)13-20-23(26-19-5-3-2-4-18(19)25-20)24-16-8-11-21-22(12-16)30-14-29-21/h2-12H,13-14H2,1H3,(H,24,26). The summed E-state index contributed by atoms with van der Waals surface area (Å²) in [4.78, 5) is 9.51. The summed E-state index contributed by atoms with van der Waals surface area (Å²) in [5.74, 6) is 1.39. The lowest BCUT2D eigenvalue weighted by Gasteiger charge is -2.13. The Hall–Kier alpha value is -3.65. The molecule has 1 N–H and O–H groups in total. The smallest absolute Gasteiger partial charge is 0.231 e. The van der Waals surface area contributed by atoms with E-state index in [-0.39, 0.29) is 17.4 Å². The summed E-state index contributed by atoms with van der Waals surface area (Å²) in [7, 11) is -3.61. The number of para-hydroxylation sites is 2. The number of ether oxygens (including phenoxy) is 2. The maximum absolute atomic E-state index is 13.1. The quantitative estimate of drug-likeness (QED) is 0.499. The first kappa shape index (κ1) is 19.3. The zero-order valence-electron chi connectivity index (χ0n) is 16.7. The third-order valence-corrected chi connectivity index (χ3v) is 6.63. The Labute approximate surface area is 179 Å². The van der Waals surface area contributed by atoms with Crippen LogP contribution in [0.3, 0.4) is 0 Å². The molecule has 0 saturated heterocycles. The maximum atomic E-state index is 13.1. The molecular weight excluding hydrogens is 414 g/mol. The number of nitrogens with one attached hydrogen (secondary N) is 1. The van der Waals surface area contributed by atoms with Crippen LogP contribution in [0.25, 0.3) is 11.0 Å². The van der Waals surface area contributed by atoms with Gasteiger partial charge in [0.1, 0.15) is 5.75 Å². The van der Waals surface area contributed by atoms with Gasteiger partial charge in [-0.25, -0.2) is 18.4 Å². The van der Waals surface area contributed by atoms with Gasteiger partial charge in [-0.15, -0.1) is 0 Å². The van der Waals surface area contributed by atoms with E-state index in [4.69, 9.17) is 9.47 Å². The molecule has 0 amide bonds. The van der Waals surface area contributed by atoms with E-state index in [1.165, 1.54) is 0 Å². The van der Waals surface area contributed by atoms with Gasteiger partial charge in [-0.3, -0.25) is 0 Å². The Balaban J connectivity index is 1.55. The third kappa shape index (κ3) is 3.89. The fourth-order valence-electron chi connectivity index (χ4n) is 3.36. The van der Waals surface area contributed by atoms with E-state index in [0.29, 0.717) is 39.7 Å². The molecule has 7 nitrogen and oxygen atoms in total. The van der Waals surface area contributed by atoms with Crippen molar-refractivity contribution in [2.24, 2.45) is 0 Å². The highest BCUT2D eigenvalue weighted by Gasteiger charge is 2.21. The predicted octanol–water partition coefficient (Wildman–Crippen LogP) is 4.38. The molecule has 31 heavy (non-hydrogen) atoms. The molecule has 5 rings (SSSR count). The van der Waals surface area contributed by atoms with Gasteiger partial charge >= 0.3 is 0 Å². The van der Waals surface area contributed by atoms with Gasteiger partial charge in [0.2, 0.25) is 6.79 Å². The number of nitrogens with zero attached hydrogens (tertiary/aromatic N) is 2. The number of aryl methyl sites for hydroxylation is 1. The van der Waals surface area contributed by atoms with Crippen molar-refractivity contribution in [3.8, 4) is 11.5 Å². The Morgan fingerprint density at radius 3 is 2.39 bits per heavy atom. The van der Waals surface area contributed by atoms with E-state index in [1.807, 2.05) is 37.3 Å². The first-order chi connectivity index (χ1) is 15.0. The molecule has 1 aliphatic rings. The van der Waals surface area contributed by atoms with E-state index >= 15 is 0 Å². The zero-order chi connectivity index (χ0) is 21.4. The summed E-state index contributed by atoms with van der Waals surface area (Å²) >= 11 is 0. The molecule has 0 bridgehead atoms. The molecule has 0 atom stereocenters. The minimum atomic E-state index is -3.61. The molecule has 3 aromatic carbocycles. The SMILES string of the molecule is Cc1ccc(S(=O)(=O)Cc2nc3ccccc3nc2Nc2ccc3c(c2)OCO3)cc1. The van der Waals surface area contributed by atoms with Crippen LogP contribution in [0.1, 0.15) is 11.3 Å². The fraction of sp³-hybridized carbons (Fsp3) is 0.130. The summed E-state index contributed by atoms with van der Waals surface area (Å²) in [6.45, 7) is 2.09. The van der Waals surface area contributed by atoms with Crippen LogP contribution in [-0.4, -0.2) is 25.2 Å². The molecule has 0 unspecified atom stereocenters. The number of rotatable bonds is 5. The molecule has 1 aliphatic heterocycles. The van der Waals surface area contributed by atoms with Crippen LogP contribution in [-0.2, 0) is 15.6 Å². The van der Waals surface area contributed by atoms with Crippen LogP contribution in [0.15, 0.2) is 71.6 Å². The van der Waals surface area contributed by atoms with Crippen molar-refractivity contribution < 1.29 is 17.9 Å². The second kappa shape index (κ2) is 7.55. The Kier molecular flexibility index (Phi) is 4.71. The summed E-state index contributed by atoms with van der Waals surface area (Å²) in [5.41, 5.74) is 3.34. The topological polar surface area (TPSA) is 90.4 Å². The minimum absolute atomic E-state index is 0.175. The van der Waals surface area contributed by atoms with Gasteiger partial charge in [0, 0.05) is 11.8 Å². The van der Waals surface area contributed by atoms with Crippen LogP contribution in [0.2, 0.25) is 0 Å². The maximum Gasteiger partial charge on any atom is 0.231 e. The Morgan fingerprint density at radius 2 is 1.61 bits per heavy atom. The van der Waals surface area contributed by atoms with Crippen LogP contribution in [0, 0.1) is 6.92 Å². The average Bonchev–Trinajstić information content (AvgIpc) is 3.22. The van der Waals surface area contributed by atoms with Crippen molar-refractivity contribution in [2.75, 3.05) is 12.1 Å². The predicted molar refractivity (Wildman–Crippen MR) is 117 cm³/mol. The number of benzene rings is 3. The minimum Gasteiger partial charge on any atom is -0.454 e. The Bertz CT molecular complexity index is 1390. The fourth-order valence-corrected chi connectivity index (χ4v) is 4.64. The van der Waals surface area contributed by atoms with Crippen molar-refractivity contribution in [3.63, 3.8) is 0 Å². The molecule has 8 heteroatoms. The normalized spacial score (nSPS) is 12.8. The van der Waals surface area contributed by atoms with Crippen LogP contribution < -0.4 is 14.8 Å². The first-order valence-corrected chi connectivity index (χ1v) is 11.3. The highest BCUT2D eigenvalue weighted by molar-refractivity contribution is 7.90. The van der Waals surface area contributed by atoms with E-state index in [0.717, 1.165) is 5.56 Å². The van der Waals surface area contributed by atoms with Gasteiger partial charge in [-0.05, 0) is 43.3 Å². The molecule has 156 valence electrons. The lowest BCUT2D eigenvalue weighted by Crippen LogP contribution is -2.10. The molecular formula is C23H19N3O4S. The number of sulfone groups is 1. The molecule has 0 saturated carbocycles. The van der Waals surface area contributed by atoms with Crippen molar-refractivity contribution in [2.45, 2.75) is 17.6 Å². The molecule has 0 aliphatic carbocycles. The monoisotopic (exact) mass is 433 g/mol. The van der Waals surface area contributed by atoms with Crippen molar-refractivity contribution >= 4 is 32.4 Å². The van der Waals surface area contributed by atoms with E-state index in [2.05, 4.69) is 15.3 Å². The van der Waals surface area contributed by atoms with Gasteiger partial charge < -0.3 is 14.8 Å². The van der Waals surface area contributed by atoms with Crippen LogP contribution >= 0.6 is 0 Å². The highest BCUT2D eigenvalue weighted by atomic mass is 32.2. The average molecular weight is 433 g/mol. The molecule has 0 fully saturated rings. The van der Waals surface area contributed by atoms with Gasteiger partial charge in [-0.1, -0.05) is 29.8 Å². The third-order valence-electron chi connectivity index (χ3n) is 4.98. The summed E-state index contributed by atoms with van der Waals surface area (Å²) in [5, 5.41) is 3.20. The Morgan fingerprint density at radius 1 is 0.903 bits per heavy atom. The second-order valence-electron chi connectivity index (χ2n) is 7.27. The summed E-state index contributed by atoms with van der Waals surface area (Å²) in [6.07, 6.45) is 0. The number of aromatic nitrogens is 2. The highest BCUT2D eigenvalue weighted by Crippen LogP contribution is 2.35. The van der Waals surface area contributed by atoms with E-state index in [9.17, 15) is 8.42 Å². The van der Waals surface area contributed by atoms with Gasteiger partial charge in [0.15, 0.2) is 27.2 Å². The van der Waals surface area contributed by atoms with Gasteiger partial charge in [0.25, 0.3) is 0 Å². The molecule has 0 radical (unpaired) electrons. The summed E-state index contributed by atoms with van der Waals surface area (Å²) in [6, 6.07) is 19.6. The zero-order valence-corrected chi connectivity index (χ0v) is 17.5. The lowest BCUT2D eigenvalue weighted by molar-refractivity contribution is 0.174. The van der Waals surface area contributed by atoms with Crippen molar-refractivity contribution in [1.29, 1.82) is 0 Å². The molecule has 0 spiro atoms. The van der Waals surface area contributed by atoms with E-state index in [1.54, 1.807) is 36.4 Å². The number of hydrogen-bond donors (Lipinski definition) is 1. The van der Waals surface area contributed by atoms with Crippen LogP contribution in [0.4, 0.5) is 11.5 Å².